The lowest BCUT2D eigenvalue weighted by atomic mass is 9.99. The van der Waals surface area contributed by atoms with Crippen molar-refractivity contribution in [3.63, 3.8) is 0 Å². The molecule has 1 heterocycles. The van der Waals surface area contributed by atoms with Crippen LogP contribution in [0.2, 0.25) is 0 Å². The van der Waals surface area contributed by atoms with Gasteiger partial charge in [-0.15, -0.1) is 0 Å². The minimum Gasteiger partial charge on any atom is -0.454 e. The summed E-state index contributed by atoms with van der Waals surface area (Å²) < 4.78 is 17.6. The Bertz CT molecular complexity index is 1890. The second-order valence-electron chi connectivity index (χ2n) is 23.0. The number of hydrogen-bond acceptors (Lipinski definition) is 10. The molecular weight excluding hydrogens is 1060 g/mol. The van der Waals surface area contributed by atoms with Gasteiger partial charge < -0.3 is 45.1 Å². The topological polar surface area (TPSA) is 175 Å². The quantitative estimate of drug-likeness (QED) is 0.0149. The second kappa shape index (κ2) is 60.1. The van der Waals surface area contributed by atoms with E-state index in [1.165, 1.54) is 116 Å². The molecule has 1 aliphatic rings. The summed E-state index contributed by atoms with van der Waals surface area (Å²) >= 11 is 0. The number of amides is 1. The maximum Gasteiger partial charge on any atom is 0.306 e. The molecule has 0 aliphatic carbocycles. The summed E-state index contributed by atoms with van der Waals surface area (Å²) in [5.74, 6) is -1.25. The number of nitrogens with one attached hydrogen (secondary N) is 1. The molecular formula is C74H123NO10. The normalized spacial score (nSPS) is 19.3. The zero-order valence-corrected chi connectivity index (χ0v) is 53.7. The molecule has 0 aromatic carbocycles. The lowest BCUT2D eigenvalue weighted by Crippen LogP contribution is -2.61. The van der Waals surface area contributed by atoms with Gasteiger partial charge in [-0.1, -0.05) is 296 Å². The van der Waals surface area contributed by atoms with E-state index in [0.717, 1.165) is 96.3 Å². The number of aliphatic hydroxyl groups is 5. The predicted octanol–water partition coefficient (Wildman–Crippen LogP) is 17.2. The third-order valence-electron chi connectivity index (χ3n) is 15.2. The summed E-state index contributed by atoms with van der Waals surface area (Å²) in [5, 5.41) is 57.1. The first-order valence-corrected chi connectivity index (χ1v) is 34.0. The van der Waals surface area contributed by atoms with Crippen molar-refractivity contribution in [3.05, 3.63) is 134 Å². The average molecular weight is 1190 g/mol. The lowest BCUT2D eigenvalue weighted by molar-refractivity contribution is -0.305. The van der Waals surface area contributed by atoms with Crippen molar-refractivity contribution in [2.75, 3.05) is 13.2 Å². The SMILES string of the molecule is CC\C=C/C=C/C=C/C=C\C=C\C=C\CCCCC(O)C(=O)NC(COC1OC(CO)C(O)C(O)C1OC(=O)CCCCCCCCCCCCC/C=C\C/C=C\C/C=C\C/C=C\CCCCC)C(O)/C=C/CCCCCCCCCCCCC. The number of hydrogen-bond donors (Lipinski definition) is 6. The van der Waals surface area contributed by atoms with Crippen LogP contribution in [-0.2, 0) is 23.8 Å². The number of rotatable bonds is 56. The number of esters is 1. The van der Waals surface area contributed by atoms with Crippen LogP contribution in [0.3, 0.4) is 0 Å². The summed E-state index contributed by atoms with van der Waals surface area (Å²) in [7, 11) is 0. The van der Waals surface area contributed by atoms with Crippen molar-refractivity contribution < 1.29 is 49.3 Å². The zero-order chi connectivity index (χ0) is 61.7. The molecule has 8 atom stereocenters. The molecule has 1 amide bonds. The summed E-state index contributed by atoms with van der Waals surface area (Å²) in [5.41, 5.74) is 0. The first-order valence-electron chi connectivity index (χ1n) is 34.0. The molecule has 0 spiro atoms. The molecule has 0 aromatic heterocycles. The molecule has 11 heteroatoms. The van der Waals surface area contributed by atoms with Crippen molar-refractivity contribution >= 4 is 11.9 Å². The minimum atomic E-state index is -1.63. The van der Waals surface area contributed by atoms with Crippen LogP contribution in [0, 0.1) is 0 Å². The van der Waals surface area contributed by atoms with Gasteiger partial charge in [-0.25, -0.2) is 0 Å². The molecule has 0 radical (unpaired) electrons. The molecule has 1 saturated heterocycles. The molecule has 0 saturated carbocycles. The number of unbranched alkanes of at least 4 members (excludes halogenated alkanes) is 27. The molecule has 6 N–H and O–H groups in total. The van der Waals surface area contributed by atoms with Crippen molar-refractivity contribution in [1.82, 2.24) is 5.32 Å². The number of ether oxygens (including phenoxy) is 3. The van der Waals surface area contributed by atoms with E-state index in [1.807, 2.05) is 72.9 Å². The average Bonchev–Trinajstić information content (AvgIpc) is 3.13. The van der Waals surface area contributed by atoms with Gasteiger partial charge in [-0.05, 0) is 89.9 Å². The van der Waals surface area contributed by atoms with Gasteiger partial charge in [0.25, 0.3) is 0 Å². The van der Waals surface area contributed by atoms with Crippen molar-refractivity contribution in [1.29, 1.82) is 0 Å². The maximum absolute atomic E-state index is 13.4. The molecule has 0 bridgehead atoms. The number of allylic oxidation sites excluding steroid dienone is 21. The monoisotopic (exact) mass is 1190 g/mol. The second-order valence-corrected chi connectivity index (χ2v) is 23.0. The summed E-state index contributed by atoms with van der Waals surface area (Å²) in [6.07, 6.45) is 74.9. The highest BCUT2D eigenvalue weighted by Gasteiger charge is 2.47. The van der Waals surface area contributed by atoms with Crippen molar-refractivity contribution in [2.45, 2.75) is 307 Å². The Morgan fingerprint density at radius 2 is 0.894 bits per heavy atom. The Balaban J connectivity index is 2.62. The largest absolute Gasteiger partial charge is 0.454 e. The Morgan fingerprint density at radius 3 is 1.40 bits per heavy atom. The predicted molar refractivity (Wildman–Crippen MR) is 356 cm³/mol. The third-order valence-corrected chi connectivity index (χ3v) is 15.2. The smallest absolute Gasteiger partial charge is 0.306 e. The fourth-order valence-electron chi connectivity index (χ4n) is 9.84. The van der Waals surface area contributed by atoms with E-state index in [4.69, 9.17) is 14.2 Å². The Morgan fingerprint density at radius 1 is 0.482 bits per heavy atom. The van der Waals surface area contributed by atoms with Crippen LogP contribution in [0.4, 0.5) is 0 Å². The molecule has 1 aliphatic heterocycles. The van der Waals surface area contributed by atoms with Gasteiger partial charge in [-0.3, -0.25) is 9.59 Å². The summed E-state index contributed by atoms with van der Waals surface area (Å²) in [4.78, 5) is 26.6. The van der Waals surface area contributed by atoms with E-state index in [2.05, 4.69) is 80.8 Å². The standard InChI is InChI=1S/C74H123NO10/c1-4-7-10-13-16-19-22-25-27-29-30-31-32-33-34-35-36-37-38-39-41-44-47-50-53-56-59-62-69(79)85-72-71(81)70(80)68(63-76)84-74(72)83-64-65(66(77)60-57-54-51-48-45-42-24-21-18-15-12-9-6-3)75-73(82)67(78)61-58-55-52-49-46-43-40-28-26-23-20-17-14-11-8-5-2/h8,11,14,16-17,19-20,23,25-28,30-31,33-34,40,43,46,49,57,60,65-68,70-72,74,76-78,80-81H,4-7,9-10,12-13,15,18,21-22,24,29,32,35-39,41-42,44-45,47-48,50-56,58-59,61-64H2,1-3H3,(H,75,82)/b11-8-,17-14+,19-16-,23-20+,27-25-,28-26-,31-30-,34-33-,43-40+,49-46+,60-57+. The van der Waals surface area contributed by atoms with Crippen LogP contribution in [-0.4, -0.2) is 99.6 Å². The van der Waals surface area contributed by atoms with E-state index in [1.54, 1.807) is 6.08 Å². The van der Waals surface area contributed by atoms with Gasteiger partial charge in [0.2, 0.25) is 5.91 Å². The molecule has 1 rings (SSSR count). The number of carbonyl (C=O) groups is 2. The number of aliphatic hydroxyl groups excluding tert-OH is 5. The van der Waals surface area contributed by atoms with Crippen molar-refractivity contribution in [2.24, 2.45) is 0 Å². The van der Waals surface area contributed by atoms with Crippen molar-refractivity contribution in [3.8, 4) is 0 Å². The summed E-state index contributed by atoms with van der Waals surface area (Å²) in [6.45, 7) is 5.59. The summed E-state index contributed by atoms with van der Waals surface area (Å²) in [6, 6.07) is -1.06. The molecule has 0 aromatic rings. The van der Waals surface area contributed by atoms with Crippen LogP contribution in [0.15, 0.2) is 134 Å². The molecule has 85 heavy (non-hydrogen) atoms. The van der Waals surface area contributed by atoms with Crippen LogP contribution in [0.25, 0.3) is 0 Å². The van der Waals surface area contributed by atoms with Gasteiger partial charge in [0.05, 0.1) is 25.4 Å². The van der Waals surface area contributed by atoms with E-state index in [-0.39, 0.29) is 19.4 Å². The van der Waals surface area contributed by atoms with Crippen LogP contribution in [0.5, 0.6) is 0 Å². The van der Waals surface area contributed by atoms with Crippen LogP contribution in [0.1, 0.15) is 258 Å². The van der Waals surface area contributed by atoms with Gasteiger partial charge >= 0.3 is 5.97 Å². The molecule has 8 unspecified atom stereocenters. The van der Waals surface area contributed by atoms with E-state index in [0.29, 0.717) is 12.8 Å². The molecule has 484 valence electrons. The van der Waals surface area contributed by atoms with E-state index < -0.39 is 67.4 Å². The lowest BCUT2D eigenvalue weighted by Gasteiger charge is -2.41. The fraction of sp³-hybridized carbons (Fsp3) is 0.676. The molecule has 11 nitrogen and oxygen atoms in total. The van der Waals surface area contributed by atoms with E-state index in [9.17, 15) is 35.1 Å². The zero-order valence-electron chi connectivity index (χ0n) is 53.7. The molecule has 1 fully saturated rings. The number of carbonyl (C=O) groups excluding carboxylic acids is 2. The van der Waals surface area contributed by atoms with Crippen LogP contribution >= 0.6 is 0 Å². The van der Waals surface area contributed by atoms with Gasteiger partial charge in [-0.2, -0.15) is 0 Å². The van der Waals surface area contributed by atoms with Gasteiger partial charge in [0.15, 0.2) is 12.4 Å². The maximum atomic E-state index is 13.4. The highest BCUT2D eigenvalue weighted by molar-refractivity contribution is 5.80. The fourth-order valence-corrected chi connectivity index (χ4v) is 9.84. The Hall–Kier alpha value is -4.20. The van der Waals surface area contributed by atoms with Gasteiger partial charge in [0, 0.05) is 6.42 Å². The Labute approximate surface area is 518 Å². The third kappa shape index (κ3) is 47.5. The first kappa shape index (κ1) is 78.8. The first-order chi connectivity index (χ1) is 41.7. The van der Waals surface area contributed by atoms with Crippen LogP contribution < -0.4 is 5.32 Å². The minimum absolute atomic E-state index is 0.106. The highest BCUT2D eigenvalue weighted by Crippen LogP contribution is 2.26. The highest BCUT2D eigenvalue weighted by atomic mass is 16.7. The van der Waals surface area contributed by atoms with Gasteiger partial charge in [0.1, 0.15) is 24.4 Å². The Kier molecular flexibility index (Phi) is 55.7. The van der Waals surface area contributed by atoms with E-state index >= 15 is 0 Å².